The molecule has 1 saturated heterocycles. The number of ether oxygens (including phenoxy) is 4. The normalized spacial score (nSPS) is 20.2. The van der Waals surface area contributed by atoms with E-state index >= 15 is 0 Å². The second kappa shape index (κ2) is 7.40. The molecule has 4 nitrogen and oxygen atoms in total. The lowest BCUT2D eigenvalue weighted by molar-refractivity contribution is -0.178. The minimum Gasteiger partial charge on any atom is -0.379 e. The Labute approximate surface area is 101 Å². The molecule has 0 spiro atoms. The van der Waals surface area contributed by atoms with Gasteiger partial charge in [0.2, 0.25) is 0 Å². The van der Waals surface area contributed by atoms with E-state index in [1.807, 2.05) is 13.8 Å². The third kappa shape index (κ3) is 5.96. The molecule has 1 aliphatic rings. The average molecular weight is 248 g/mol. The Morgan fingerprint density at radius 1 is 1.31 bits per heavy atom. The summed E-state index contributed by atoms with van der Waals surface area (Å²) in [6.07, 6.45) is 2.27. The van der Waals surface area contributed by atoms with Crippen LogP contribution in [0.5, 0.6) is 0 Å². The summed E-state index contributed by atoms with van der Waals surface area (Å²) in [5, 5.41) is 0. The van der Waals surface area contributed by atoms with Gasteiger partial charge in [-0.05, 0) is 26.7 Å². The molecule has 1 rings (SSSR count). The van der Waals surface area contributed by atoms with Gasteiger partial charge >= 0.3 is 0 Å². The Balaban J connectivity index is 2.05. The third-order valence-electron chi connectivity index (χ3n) is 2.53. The molecule has 0 aromatic rings. The second-order valence-electron chi connectivity index (χ2n) is 4.13. The van der Waals surface area contributed by atoms with Crippen molar-refractivity contribution in [2.75, 3.05) is 33.0 Å². The molecule has 0 amide bonds. The van der Waals surface area contributed by atoms with E-state index in [9.17, 15) is 0 Å². The van der Waals surface area contributed by atoms with Gasteiger partial charge in [0, 0.05) is 19.8 Å². The van der Waals surface area contributed by atoms with Gasteiger partial charge < -0.3 is 18.9 Å². The molecule has 16 heavy (non-hydrogen) atoms. The van der Waals surface area contributed by atoms with E-state index in [2.05, 4.69) is 0 Å². The van der Waals surface area contributed by atoms with Crippen LogP contribution in [-0.4, -0.2) is 54.8 Å². The molecule has 96 valence electrons. The first kappa shape index (κ1) is 14.1. The van der Waals surface area contributed by atoms with Crippen molar-refractivity contribution >= 4 is 10.2 Å². The van der Waals surface area contributed by atoms with Gasteiger partial charge in [-0.3, -0.25) is 0 Å². The maximum atomic E-state index is 5.67. The molecular weight excluding hydrogens is 224 g/mol. The van der Waals surface area contributed by atoms with Crippen molar-refractivity contribution in [2.45, 2.75) is 38.2 Å². The summed E-state index contributed by atoms with van der Waals surface area (Å²) in [5.41, 5.74) is -0.317. The SMILES string of the molecule is CCOC([SiH3])(CCCOCC1CO1)OCC. The zero-order valence-corrected chi connectivity index (χ0v) is 12.7. The Morgan fingerprint density at radius 2 is 1.94 bits per heavy atom. The summed E-state index contributed by atoms with van der Waals surface area (Å²) in [4.78, 5) is 0. The van der Waals surface area contributed by atoms with E-state index in [1.54, 1.807) is 0 Å². The molecule has 0 N–H and O–H groups in total. The van der Waals surface area contributed by atoms with Crippen LogP contribution in [-0.2, 0) is 18.9 Å². The molecule has 0 saturated carbocycles. The summed E-state index contributed by atoms with van der Waals surface area (Å²) in [6, 6.07) is 0. The smallest absolute Gasteiger partial charge is 0.141 e. The standard InChI is InChI=1S/C11H24O4Si/c1-3-14-11(16,15-4-2)6-5-7-12-8-10-9-13-10/h10H,3-9H2,1-2,16H3. The number of hydrogen-bond acceptors (Lipinski definition) is 4. The highest BCUT2D eigenvalue weighted by molar-refractivity contribution is 6.13. The highest BCUT2D eigenvalue weighted by atomic mass is 28.1. The molecule has 1 heterocycles. The van der Waals surface area contributed by atoms with Crippen molar-refractivity contribution in [3.63, 3.8) is 0 Å². The lowest BCUT2D eigenvalue weighted by Crippen LogP contribution is -2.37. The van der Waals surface area contributed by atoms with Crippen LogP contribution in [0.3, 0.4) is 0 Å². The lowest BCUT2D eigenvalue weighted by atomic mass is 10.3. The highest BCUT2D eigenvalue weighted by Crippen LogP contribution is 2.16. The van der Waals surface area contributed by atoms with Gasteiger partial charge in [0.25, 0.3) is 0 Å². The summed E-state index contributed by atoms with van der Waals surface area (Å²) in [5.74, 6) is 0. The molecule has 0 aromatic heterocycles. The van der Waals surface area contributed by atoms with Gasteiger partial charge in [0.15, 0.2) is 0 Å². The van der Waals surface area contributed by atoms with Crippen LogP contribution in [0.4, 0.5) is 0 Å². The molecule has 0 radical (unpaired) electrons. The summed E-state index contributed by atoms with van der Waals surface area (Å²) in [7, 11) is 0.890. The average Bonchev–Trinajstić information content (AvgIpc) is 3.02. The summed E-state index contributed by atoms with van der Waals surface area (Å²) < 4.78 is 21.9. The second-order valence-corrected chi connectivity index (χ2v) is 5.66. The van der Waals surface area contributed by atoms with Crippen LogP contribution < -0.4 is 0 Å². The van der Waals surface area contributed by atoms with Crippen LogP contribution in [0, 0.1) is 0 Å². The molecule has 0 aliphatic carbocycles. The third-order valence-corrected chi connectivity index (χ3v) is 3.60. The van der Waals surface area contributed by atoms with Gasteiger partial charge in [0.1, 0.15) is 11.5 Å². The van der Waals surface area contributed by atoms with E-state index < -0.39 is 0 Å². The molecule has 5 heteroatoms. The van der Waals surface area contributed by atoms with Crippen molar-refractivity contribution in [3.05, 3.63) is 0 Å². The first-order chi connectivity index (χ1) is 7.70. The van der Waals surface area contributed by atoms with Crippen LogP contribution in [0.2, 0.25) is 0 Å². The van der Waals surface area contributed by atoms with E-state index in [-0.39, 0.29) is 5.41 Å². The van der Waals surface area contributed by atoms with Crippen LogP contribution in [0.25, 0.3) is 0 Å². The summed E-state index contributed by atoms with van der Waals surface area (Å²) in [6.45, 7) is 7.80. The number of rotatable bonds is 10. The predicted molar refractivity (Wildman–Crippen MR) is 65.7 cm³/mol. The molecule has 1 fully saturated rings. The Bertz CT molecular complexity index is 179. The van der Waals surface area contributed by atoms with E-state index in [0.29, 0.717) is 19.3 Å². The molecule has 0 aromatic carbocycles. The van der Waals surface area contributed by atoms with Crippen LogP contribution in [0.15, 0.2) is 0 Å². The predicted octanol–water partition coefficient (Wildman–Crippen LogP) is 0.274. The van der Waals surface area contributed by atoms with Crippen LogP contribution in [0.1, 0.15) is 26.7 Å². The zero-order chi connectivity index (χ0) is 11.9. The minimum absolute atomic E-state index is 0.317. The largest absolute Gasteiger partial charge is 0.379 e. The van der Waals surface area contributed by atoms with Crippen LogP contribution >= 0.6 is 0 Å². The monoisotopic (exact) mass is 248 g/mol. The minimum atomic E-state index is -0.317. The fourth-order valence-corrected chi connectivity index (χ4v) is 2.60. The molecule has 1 unspecified atom stereocenters. The van der Waals surface area contributed by atoms with Gasteiger partial charge in [-0.1, -0.05) is 0 Å². The van der Waals surface area contributed by atoms with Gasteiger partial charge in [0.05, 0.1) is 23.5 Å². The van der Waals surface area contributed by atoms with E-state index in [1.165, 1.54) is 0 Å². The van der Waals surface area contributed by atoms with Crippen molar-refractivity contribution < 1.29 is 18.9 Å². The van der Waals surface area contributed by atoms with E-state index in [4.69, 9.17) is 18.9 Å². The van der Waals surface area contributed by atoms with Gasteiger partial charge in [-0.25, -0.2) is 0 Å². The fourth-order valence-electron chi connectivity index (χ4n) is 1.67. The number of epoxide rings is 1. The maximum Gasteiger partial charge on any atom is 0.141 e. The highest BCUT2D eigenvalue weighted by Gasteiger charge is 2.25. The Kier molecular flexibility index (Phi) is 6.53. The van der Waals surface area contributed by atoms with E-state index in [0.717, 1.165) is 42.9 Å². The quantitative estimate of drug-likeness (QED) is 0.241. The zero-order valence-electron chi connectivity index (χ0n) is 10.7. The molecule has 0 bridgehead atoms. The first-order valence-electron chi connectivity index (χ1n) is 6.17. The summed E-state index contributed by atoms with van der Waals surface area (Å²) >= 11 is 0. The van der Waals surface area contributed by atoms with Crippen molar-refractivity contribution in [1.29, 1.82) is 0 Å². The van der Waals surface area contributed by atoms with Gasteiger partial charge in [-0.2, -0.15) is 0 Å². The van der Waals surface area contributed by atoms with Crippen molar-refractivity contribution in [1.82, 2.24) is 0 Å². The van der Waals surface area contributed by atoms with Crippen molar-refractivity contribution in [3.8, 4) is 0 Å². The van der Waals surface area contributed by atoms with Gasteiger partial charge in [-0.15, -0.1) is 0 Å². The molecule has 1 aliphatic heterocycles. The lowest BCUT2D eigenvalue weighted by Gasteiger charge is -2.29. The topological polar surface area (TPSA) is 40.2 Å². The first-order valence-corrected chi connectivity index (χ1v) is 7.17. The van der Waals surface area contributed by atoms with Crippen molar-refractivity contribution in [2.24, 2.45) is 0 Å². The Morgan fingerprint density at radius 3 is 2.44 bits per heavy atom. The maximum absolute atomic E-state index is 5.67. The molecule has 1 atom stereocenters. The Hall–Kier alpha value is 0.0569. The molecular formula is C11H24O4Si. The fraction of sp³-hybridized carbons (Fsp3) is 1.00. The number of hydrogen-bond donors (Lipinski definition) is 0.